The van der Waals surface area contributed by atoms with Crippen LogP contribution in [0.3, 0.4) is 0 Å². The van der Waals surface area contributed by atoms with Crippen molar-refractivity contribution in [2.75, 3.05) is 0 Å². The Hall–Kier alpha value is -0.420. The van der Waals surface area contributed by atoms with Gasteiger partial charge in [-0.1, -0.05) is 13.0 Å². The second-order valence-corrected chi connectivity index (χ2v) is 4.08. The average Bonchev–Trinajstić information content (AvgIpc) is 2.12. The van der Waals surface area contributed by atoms with Crippen LogP contribution >= 0.6 is 0 Å². The van der Waals surface area contributed by atoms with Gasteiger partial charge in [-0.05, 0) is 13.3 Å². The first-order chi connectivity index (χ1) is 6.42. The number of aliphatic hydroxyl groups is 3. The quantitative estimate of drug-likeness (QED) is 0.552. The van der Waals surface area contributed by atoms with Crippen molar-refractivity contribution < 1.29 is 20.1 Å². The van der Waals surface area contributed by atoms with Crippen molar-refractivity contribution >= 4 is 0 Å². The van der Waals surface area contributed by atoms with Gasteiger partial charge in [-0.25, -0.2) is 0 Å². The van der Waals surface area contributed by atoms with Gasteiger partial charge in [0.05, 0.1) is 11.7 Å². The Kier molecular flexibility index (Phi) is 3.32. The maximum absolute atomic E-state index is 9.65. The lowest BCUT2D eigenvalue weighted by molar-refractivity contribution is -0.298. The Bertz CT molecular complexity index is 218. The Morgan fingerprint density at radius 1 is 1.36 bits per heavy atom. The fourth-order valence-electron chi connectivity index (χ4n) is 1.80. The molecule has 0 aromatic rings. The van der Waals surface area contributed by atoms with Crippen LogP contribution in [0.15, 0.2) is 12.7 Å². The molecule has 1 aliphatic heterocycles. The van der Waals surface area contributed by atoms with Crippen molar-refractivity contribution in [1.29, 1.82) is 0 Å². The van der Waals surface area contributed by atoms with E-state index < -0.39 is 24.1 Å². The first kappa shape index (κ1) is 11.7. The lowest BCUT2D eigenvalue weighted by atomic mass is 9.79. The predicted molar refractivity (Wildman–Crippen MR) is 51.5 cm³/mol. The summed E-state index contributed by atoms with van der Waals surface area (Å²) in [6.45, 7) is 7.17. The molecule has 0 aliphatic carbocycles. The molecule has 1 rings (SSSR count). The molecule has 14 heavy (non-hydrogen) atoms. The van der Waals surface area contributed by atoms with Gasteiger partial charge >= 0.3 is 0 Å². The van der Waals surface area contributed by atoms with E-state index in [1.54, 1.807) is 19.9 Å². The minimum atomic E-state index is -1.33. The summed E-state index contributed by atoms with van der Waals surface area (Å²) in [5, 5.41) is 28.4. The van der Waals surface area contributed by atoms with Gasteiger partial charge in [-0.3, -0.25) is 0 Å². The highest BCUT2D eigenvalue weighted by molar-refractivity contribution is 4.97. The highest BCUT2D eigenvalue weighted by Crippen LogP contribution is 2.36. The van der Waals surface area contributed by atoms with Crippen LogP contribution in [0.1, 0.15) is 20.3 Å². The minimum absolute atomic E-state index is 0.251. The Morgan fingerprint density at radius 2 is 1.93 bits per heavy atom. The molecule has 1 saturated heterocycles. The SMILES string of the molecule is C=CC[C@]1(C)OC(O)[C@H](O)[C@H](O)[C@H]1C. The molecule has 4 nitrogen and oxygen atoms in total. The van der Waals surface area contributed by atoms with Crippen LogP contribution in [-0.4, -0.2) is 39.4 Å². The van der Waals surface area contributed by atoms with E-state index in [0.717, 1.165) is 0 Å². The summed E-state index contributed by atoms with van der Waals surface area (Å²) in [5.74, 6) is -0.251. The maximum Gasteiger partial charge on any atom is 0.184 e. The van der Waals surface area contributed by atoms with Gasteiger partial charge in [0.25, 0.3) is 0 Å². The van der Waals surface area contributed by atoms with Crippen molar-refractivity contribution in [1.82, 2.24) is 0 Å². The van der Waals surface area contributed by atoms with E-state index in [1.807, 2.05) is 0 Å². The Balaban J connectivity index is 2.84. The highest BCUT2D eigenvalue weighted by atomic mass is 16.6. The fraction of sp³-hybridized carbons (Fsp3) is 0.800. The van der Waals surface area contributed by atoms with E-state index in [1.165, 1.54) is 0 Å². The molecule has 1 fully saturated rings. The molecule has 1 aliphatic rings. The molecule has 3 N–H and O–H groups in total. The molecule has 0 radical (unpaired) electrons. The van der Waals surface area contributed by atoms with E-state index in [2.05, 4.69) is 6.58 Å². The molecule has 1 heterocycles. The number of hydrogen-bond donors (Lipinski definition) is 3. The summed E-state index contributed by atoms with van der Waals surface area (Å²) in [7, 11) is 0. The van der Waals surface area contributed by atoms with Gasteiger partial charge in [0, 0.05) is 5.92 Å². The van der Waals surface area contributed by atoms with E-state index in [9.17, 15) is 15.3 Å². The van der Waals surface area contributed by atoms with Crippen LogP contribution in [0.2, 0.25) is 0 Å². The summed E-state index contributed by atoms with van der Waals surface area (Å²) in [4.78, 5) is 0. The van der Waals surface area contributed by atoms with Crippen molar-refractivity contribution in [2.24, 2.45) is 5.92 Å². The zero-order valence-electron chi connectivity index (χ0n) is 8.55. The number of aliphatic hydroxyl groups excluding tert-OH is 3. The van der Waals surface area contributed by atoms with Gasteiger partial charge in [-0.2, -0.15) is 0 Å². The molecule has 5 atom stereocenters. The Labute approximate surface area is 83.8 Å². The summed E-state index contributed by atoms with van der Waals surface area (Å²) in [6, 6.07) is 0. The second kappa shape index (κ2) is 3.98. The van der Waals surface area contributed by atoms with E-state index in [-0.39, 0.29) is 5.92 Å². The number of hydrogen-bond acceptors (Lipinski definition) is 4. The van der Waals surface area contributed by atoms with Crippen molar-refractivity contribution in [3.05, 3.63) is 12.7 Å². The summed E-state index contributed by atoms with van der Waals surface area (Å²) < 4.78 is 5.28. The van der Waals surface area contributed by atoms with Crippen LogP contribution in [0.5, 0.6) is 0 Å². The molecule has 0 aromatic carbocycles. The van der Waals surface area contributed by atoms with Gasteiger partial charge in [-0.15, -0.1) is 6.58 Å². The molecular weight excluding hydrogens is 184 g/mol. The number of ether oxygens (including phenoxy) is 1. The third-order valence-corrected chi connectivity index (χ3v) is 3.06. The van der Waals surface area contributed by atoms with Crippen molar-refractivity contribution in [3.8, 4) is 0 Å². The monoisotopic (exact) mass is 202 g/mol. The molecule has 4 heteroatoms. The van der Waals surface area contributed by atoms with E-state index >= 15 is 0 Å². The maximum atomic E-state index is 9.65. The molecule has 0 amide bonds. The molecule has 82 valence electrons. The minimum Gasteiger partial charge on any atom is -0.390 e. The van der Waals surface area contributed by atoms with Gasteiger partial charge in [0.1, 0.15) is 6.10 Å². The van der Waals surface area contributed by atoms with Crippen molar-refractivity contribution in [3.63, 3.8) is 0 Å². The lowest BCUT2D eigenvalue weighted by Crippen LogP contribution is -2.58. The normalized spacial score (nSPS) is 48.9. The topological polar surface area (TPSA) is 69.9 Å². The average molecular weight is 202 g/mol. The van der Waals surface area contributed by atoms with E-state index in [0.29, 0.717) is 6.42 Å². The van der Waals surface area contributed by atoms with Crippen LogP contribution in [0.4, 0.5) is 0 Å². The zero-order chi connectivity index (χ0) is 10.9. The van der Waals surface area contributed by atoms with Crippen LogP contribution in [0, 0.1) is 5.92 Å². The molecule has 0 saturated carbocycles. The third-order valence-electron chi connectivity index (χ3n) is 3.06. The van der Waals surface area contributed by atoms with E-state index in [4.69, 9.17) is 4.74 Å². The summed E-state index contributed by atoms with van der Waals surface area (Å²) in [6.07, 6.45) is -1.33. The molecule has 0 aromatic heterocycles. The molecular formula is C10H18O4. The third kappa shape index (κ3) is 1.83. The summed E-state index contributed by atoms with van der Waals surface area (Å²) in [5.41, 5.74) is -0.667. The largest absolute Gasteiger partial charge is 0.390 e. The molecule has 1 unspecified atom stereocenters. The smallest absolute Gasteiger partial charge is 0.184 e. The van der Waals surface area contributed by atoms with Gasteiger partial charge < -0.3 is 20.1 Å². The second-order valence-electron chi connectivity index (χ2n) is 4.08. The highest BCUT2D eigenvalue weighted by Gasteiger charge is 2.47. The van der Waals surface area contributed by atoms with Crippen LogP contribution in [0.25, 0.3) is 0 Å². The first-order valence-electron chi connectivity index (χ1n) is 4.75. The zero-order valence-corrected chi connectivity index (χ0v) is 8.55. The lowest BCUT2D eigenvalue weighted by Gasteiger charge is -2.46. The Morgan fingerprint density at radius 3 is 2.43 bits per heavy atom. The van der Waals surface area contributed by atoms with Crippen LogP contribution < -0.4 is 0 Å². The van der Waals surface area contributed by atoms with Crippen LogP contribution in [-0.2, 0) is 4.74 Å². The number of rotatable bonds is 2. The standard InChI is InChI=1S/C10H18O4/c1-4-5-10(3)6(2)7(11)8(12)9(13)14-10/h4,6-9,11-13H,1,5H2,2-3H3/t6-,7-,8-,9?,10+/m1/s1. The molecule has 0 bridgehead atoms. The van der Waals surface area contributed by atoms with Crippen molar-refractivity contribution in [2.45, 2.75) is 44.4 Å². The predicted octanol–water partition coefficient (Wildman–Crippen LogP) is 0.0277. The fourth-order valence-corrected chi connectivity index (χ4v) is 1.80. The summed E-state index contributed by atoms with van der Waals surface area (Å²) >= 11 is 0. The van der Waals surface area contributed by atoms with Gasteiger partial charge in [0.2, 0.25) is 0 Å². The van der Waals surface area contributed by atoms with Gasteiger partial charge in [0.15, 0.2) is 6.29 Å². The molecule has 0 spiro atoms. The first-order valence-corrected chi connectivity index (χ1v) is 4.75.